The van der Waals surface area contributed by atoms with E-state index >= 15 is 0 Å². The summed E-state index contributed by atoms with van der Waals surface area (Å²) in [5, 5.41) is 6.42. The molecule has 0 unspecified atom stereocenters. The average Bonchev–Trinajstić information content (AvgIpc) is 4.07. The number of sulfonamides is 1. The van der Waals surface area contributed by atoms with Crippen LogP contribution < -0.4 is 20.1 Å². The van der Waals surface area contributed by atoms with Crippen molar-refractivity contribution < 1.29 is 32.3 Å². The third-order valence-electron chi connectivity index (χ3n) is 12.9. The molecule has 15 heteroatoms. The van der Waals surface area contributed by atoms with E-state index in [2.05, 4.69) is 15.4 Å². The monoisotopic (exact) mass is 863 g/mol. The summed E-state index contributed by atoms with van der Waals surface area (Å²) in [4.78, 5) is 64.7. The number of allylic oxidation sites excluding steroid dienone is 1. The number of fused-ring (bicyclic) bond motifs is 3. The summed E-state index contributed by atoms with van der Waals surface area (Å²) < 4.78 is 36.6. The quantitative estimate of drug-likeness (QED) is 0.157. The zero-order valence-electron chi connectivity index (χ0n) is 36.1. The minimum Gasteiger partial charge on any atom is -0.459 e. The van der Waals surface area contributed by atoms with Crippen molar-refractivity contribution in [3.63, 3.8) is 0 Å². The van der Waals surface area contributed by atoms with E-state index in [1.54, 1.807) is 32.0 Å². The van der Waals surface area contributed by atoms with Crippen LogP contribution in [0.25, 0.3) is 22.2 Å². The lowest BCUT2D eigenvalue weighted by atomic mass is 10.0. The highest BCUT2D eigenvalue weighted by atomic mass is 32.2. The number of aromatic nitrogens is 2. The number of hydrogen-bond acceptors (Lipinski definition) is 9. The molecular formula is C47H57N7O7S. The third kappa shape index (κ3) is 8.43. The van der Waals surface area contributed by atoms with Crippen LogP contribution in [0.2, 0.25) is 0 Å². The van der Waals surface area contributed by atoms with E-state index < -0.39 is 56.2 Å². The van der Waals surface area contributed by atoms with E-state index in [9.17, 15) is 27.6 Å². The Bertz CT molecular complexity index is 2520. The van der Waals surface area contributed by atoms with Crippen molar-refractivity contribution in [1.82, 2.24) is 29.4 Å². The van der Waals surface area contributed by atoms with E-state index in [0.717, 1.165) is 48.0 Å². The van der Waals surface area contributed by atoms with Gasteiger partial charge in [0.1, 0.15) is 29.2 Å². The van der Waals surface area contributed by atoms with Crippen LogP contribution in [0, 0.1) is 5.92 Å². The SMILES string of the molecule is CC(C)n1c(O[C@@H]2C[C@H]3C(=O)N[C@]4(C(=O)NS(=O)(=O)C5(C)CC5)C[C@H]4/C=C\CCCCC[C@H](Nc4ccccc4)C(=O)N3C2)nc2c(-c3cccc(C(=O)N(C)C)c3)cccc21. The highest BCUT2D eigenvalue weighted by molar-refractivity contribution is 7.91. The molecule has 4 amide bonds. The van der Waals surface area contributed by atoms with Crippen molar-refractivity contribution >= 4 is 50.4 Å². The molecule has 3 heterocycles. The predicted molar refractivity (Wildman–Crippen MR) is 238 cm³/mol. The Labute approximate surface area is 363 Å². The van der Waals surface area contributed by atoms with Crippen molar-refractivity contribution in [3.8, 4) is 17.1 Å². The van der Waals surface area contributed by atoms with Gasteiger partial charge in [0.25, 0.3) is 17.8 Å². The minimum absolute atomic E-state index is 0.0714. The molecule has 0 bridgehead atoms. The summed E-state index contributed by atoms with van der Waals surface area (Å²) in [7, 11) is -0.552. The number of nitrogens with zero attached hydrogens (tertiary/aromatic N) is 4. The van der Waals surface area contributed by atoms with Gasteiger partial charge in [-0.15, -0.1) is 0 Å². The van der Waals surface area contributed by atoms with Crippen LogP contribution in [0.4, 0.5) is 5.69 Å². The Hall–Kier alpha value is -5.70. The maximum atomic E-state index is 14.9. The molecule has 5 atom stereocenters. The second-order valence-electron chi connectivity index (χ2n) is 18.1. The molecule has 4 aliphatic rings. The molecule has 0 spiro atoms. The van der Waals surface area contributed by atoms with Crippen molar-refractivity contribution in [2.75, 3.05) is 26.0 Å². The summed E-state index contributed by atoms with van der Waals surface area (Å²) in [6.45, 7) is 5.74. The molecule has 2 aliphatic heterocycles. The first-order valence-corrected chi connectivity index (χ1v) is 23.3. The number of amides is 4. The third-order valence-corrected chi connectivity index (χ3v) is 15.1. The van der Waals surface area contributed by atoms with Crippen LogP contribution in [-0.2, 0) is 24.4 Å². The molecule has 4 aromatic rings. The fourth-order valence-corrected chi connectivity index (χ4v) is 10.1. The van der Waals surface area contributed by atoms with E-state index in [-0.39, 0.29) is 37.2 Å². The molecule has 0 radical (unpaired) electrons. The Morgan fingerprint density at radius 3 is 2.47 bits per heavy atom. The van der Waals surface area contributed by atoms with Crippen LogP contribution in [0.5, 0.6) is 6.01 Å². The van der Waals surface area contributed by atoms with Gasteiger partial charge in [-0.3, -0.25) is 28.5 Å². The van der Waals surface area contributed by atoms with Crippen molar-refractivity contribution in [2.24, 2.45) is 5.92 Å². The standard InChI is InChI=1S/C47H57N7O7S/c1-30(2)54-38-23-15-21-36(31-16-14-17-32(26-31)42(56)52(4)5)40(38)49-45(54)61-35-27-39-41(55)50-47(44(58)51-62(59,60)46(3)24-25-46)28-33(47)18-10-7-6-8-13-22-37(43(57)53(39)29-35)48-34-19-11-9-12-20-34/h9-12,14-21,23,26,30,33,35,37,39,48H,6-8,13,22,24-25,27-29H2,1-5H3,(H,50,55)(H,51,58)/b18-10-/t33-,35-,37+,39+,47-/m1/s1. The van der Waals surface area contributed by atoms with Gasteiger partial charge in [-0.1, -0.05) is 67.5 Å². The van der Waals surface area contributed by atoms with E-state index in [0.29, 0.717) is 36.4 Å². The van der Waals surface area contributed by atoms with E-state index in [1.807, 2.05) is 97.3 Å². The lowest BCUT2D eigenvalue weighted by molar-refractivity contribution is -0.140. The van der Waals surface area contributed by atoms with Crippen LogP contribution in [0.3, 0.4) is 0 Å². The molecule has 2 aliphatic carbocycles. The van der Waals surface area contributed by atoms with Gasteiger partial charge in [0.05, 0.1) is 16.8 Å². The van der Waals surface area contributed by atoms with Crippen molar-refractivity contribution in [2.45, 2.75) is 113 Å². The Kier molecular flexibility index (Phi) is 11.7. The number of imidazole rings is 1. The lowest BCUT2D eigenvalue weighted by Crippen LogP contribution is -2.58. The number of para-hydroxylation sites is 2. The Morgan fingerprint density at radius 1 is 0.984 bits per heavy atom. The van der Waals surface area contributed by atoms with Crippen molar-refractivity contribution in [1.29, 1.82) is 0 Å². The maximum absolute atomic E-state index is 14.9. The van der Waals surface area contributed by atoms with Gasteiger partial charge < -0.3 is 25.2 Å². The summed E-state index contributed by atoms with van der Waals surface area (Å²) in [6, 6.07) is 21.4. The summed E-state index contributed by atoms with van der Waals surface area (Å²) in [5.41, 5.74) is 2.97. The molecular weight excluding hydrogens is 807 g/mol. The van der Waals surface area contributed by atoms with Gasteiger partial charge in [-0.25, -0.2) is 8.42 Å². The first kappa shape index (κ1) is 43.0. The topological polar surface area (TPSA) is 172 Å². The van der Waals surface area contributed by atoms with Crippen molar-refractivity contribution in [3.05, 3.63) is 90.5 Å². The highest BCUT2D eigenvalue weighted by Crippen LogP contribution is 2.47. The second-order valence-corrected chi connectivity index (χ2v) is 20.3. The Balaban J connectivity index is 1.13. The van der Waals surface area contributed by atoms with Crippen LogP contribution in [-0.4, -0.2) is 101 Å². The largest absolute Gasteiger partial charge is 0.459 e. The normalized spacial score (nSPS) is 25.4. The number of hydrogen-bond donors (Lipinski definition) is 3. The molecule has 1 aromatic heterocycles. The highest BCUT2D eigenvalue weighted by Gasteiger charge is 2.63. The minimum atomic E-state index is -3.98. The maximum Gasteiger partial charge on any atom is 0.297 e. The fourth-order valence-electron chi connectivity index (χ4n) is 8.82. The van der Waals surface area contributed by atoms with Gasteiger partial charge in [-0.2, -0.15) is 4.98 Å². The number of rotatable bonds is 10. The van der Waals surface area contributed by atoms with Crippen LogP contribution >= 0.6 is 0 Å². The smallest absolute Gasteiger partial charge is 0.297 e. The average molecular weight is 864 g/mol. The lowest BCUT2D eigenvalue weighted by Gasteiger charge is -2.30. The first-order valence-electron chi connectivity index (χ1n) is 21.8. The number of carbonyl (C=O) groups excluding carboxylic acids is 4. The molecule has 3 fully saturated rings. The van der Waals surface area contributed by atoms with Crippen LogP contribution in [0.1, 0.15) is 95.0 Å². The fraction of sp³-hybridized carbons (Fsp3) is 0.468. The molecule has 8 rings (SSSR count). The zero-order chi connectivity index (χ0) is 44.0. The molecule has 14 nitrogen and oxygen atoms in total. The molecule has 3 N–H and O–H groups in total. The summed E-state index contributed by atoms with van der Waals surface area (Å²) in [5.74, 6) is -2.10. The van der Waals surface area contributed by atoms with Gasteiger partial charge in [0, 0.05) is 49.3 Å². The zero-order valence-corrected chi connectivity index (χ0v) is 36.9. The van der Waals surface area contributed by atoms with Gasteiger partial charge in [-0.05, 0) is 95.2 Å². The number of nitrogens with one attached hydrogen (secondary N) is 3. The molecule has 1 saturated heterocycles. The van der Waals surface area contributed by atoms with E-state index in [4.69, 9.17) is 9.72 Å². The van der Waals surface area contributed by atoms with Gasteiger partial charge in [0.2, 0.25) is 21.8 Å². The number of ether oxygens (including phenoxy) is 1. The van der Waals surface area contributed by atoms with E-state index in [1.165, 1.54) is 4.90 Å². The Morgan fingerprint density at radius 2 is 1.74 bits per heavy atom. The predicted octanol–water partition coefficient (Wildman–Crippen LogP) is 6.21. The van der Waals surface area contributed by atoms with Gasteiger partial charge >= 0.3 is 0 Å². The molecule has 2 saturated carbocycles. The van der Waals surface area contributed by atoms with Gasteiger partial charge in [0.15, 0.2) is 0 Å². The summed E-state index contributed by atoms with van der Waals surface area (Å²) in [6.07, 6.45) is 8.29. The first-order chi connectivity index (χ1) is 29.6. The summed E-state index contributed by atoms with van der Waals surface area (Å²) >= 11 is 0. The number of carbonyl (C=O) groups is 4. The number of benzene rings is 3. The van der Waals surface area contributed by atoms with Crippen LogP contribution in [0.15, 0.2) is 84.9 Å². The molecule has 328 valence electrons. The molecule has 62 heavy (non-hydrogen) atoms. The number of anilines is 1. The molecule has 3 aromatic carbocycles. The second kappa shape index (κ2) is 16.9.